The van der Waals surface area contributed by atoms with E-state index in [2.05, 4.69) is 20.4 Å². The number of non-ortho nitro benzene ring substituents is 1. The Morgan fingerprint density at radius 2 is 1.62 bits per heavy atom. The summed E-state index contributed by atoms with van der Waals surface area (Å²) < 4.78 is 1.28. The lowest BCUT2D eigenvalue weighted by Crippen LogP contribution is -2.68. The zero-order chi connectivity index (χ0) is 22.6. The summed E-state index contributed by atoms with van der Waals surface area (Å²) in [5, 5.41) is 22.9. The van der Waals surface area contributed by atoms with Crippen LogP contribution >= 0.6 is 23.2 Å². The molecule has 0 amide bonds. The molecule has 3 heterocycles. The third-order valence-electron chi connectivity index (χ3n) is 6.44. The molecular formula is C22H27Cl2N6O2+. The summed E-state index contributed by atoms with van der Waals surface area (Å²) in [5.74, 6) is 0. The Hall–Kier alpha value is -2.10. The average Bonchev–Trinajstić information content (AvgIpc) is 2.80. The zero-order valence-corrected chi connectivity index (χ0v) is 19.4. The van der Waals surface area contributed by atoms with Crippen molar-refractivity contribution in [3.8, 4) is 0 Å². The standard InChI is InChI=1S/C22H27Cl2N6O2/c23-20-15-19(29(31)32)16-21(24)22(20)27-26-18-3-1-17(2-4-18)5-6-25-7-11-30-12-8-28(9-13-30)10-14-30/h1-4,15-16,25H,5-14H2/q+1. The monoisotopic (exact) mass is 477 g/mol. The molecule has 2 aromatic carbocycles. The SMILES string of the molecule is O=[N+]([O-])c1cc(Cl)c(N=Nc2ccc(CCNCC[N+]34CCN(CC3)CC4)cc2)c(Cl)c1. The molecule has 3 aliphatic heterocycles. The van der Waals surface area contributed by atoms with E-state index in [-0.39, 0.29) is 21.4 Å². The number of nitrogens with zero attached hydrogens (tertiary/aromatic N) is 5. The molecule has 1 N–H and O–H groups in total. The van der Waals surface area contributed by atoms with Gasteiger partial charge in [-0.05, 0) is 30.7 Å². The molecule has 5 rings (SSSR count). The van der Waals surface area contributed by atoms with Crippen LogP contribution in [-0.2, 0) is 6.42 Å². The van der Waals surface area contributed by atoms with Crippen molar-refractivity contribution in [2.75, 3.05) is 58.9 Å². The minimum Gasteiger partial charge on any atom is -0.319 e. The lowest BCUT2D eigenvalue weighted by atomic mass is 10.1. The maximum atomic E-state index is 10.9. The van der Waals surface area contributed by atoms with Crippen molar-refractivity contribution in [1.29, 1.82) is 0 Å². The first-order valence-corrected chi connectivity index (χ1v) is 11.6. The van der Waals surface area contributed by atoms with Gasteiger partial charge in [-0.15, -0.1) is 5.11 Å². The van der Waals surface area contributed by atoms with Crippen molar-refractivity contribution in [3.05, 3.63) is 62.1 Å². The number of rotatable bonds is 9. The van der Waals surface area contributed by atoms with Crippen LogP contribution in [0.1, 0.15) is 5.56 Å². The fraction of sp³-hybridized carbons (Fsp3) is 0.455. The minimum atomic E-state index is -0.552. The summed E-state index contributed by atoms with van der Waals surface area (Å²) in [6.45, 7) is 10.9. The zero-order valence-electron chi connectivity index (χ0n) is 17.8. The molecule has 170 valence electrons. The second-order valence-corrected chi connectivity index (χ2v) is 9.27. The fourth-order valence-corrected chi connectivity index (χ4v) is 4.88. The molecule has 2 aromatic rings. The Bertz CT molecular complexity index is 954. The molecule has 0 radical (unpaired) electrons. The maximum Gasteiger partial charge on any atom is 0.272 e. The summed E-state index contributed by atoms with van der Waals surface area (Å²) in [6, 6.07) is 10.3. The predicted molar refractivity (Wildman–Crippen MR) is 126 cm³/mol. The first-order chi connectivity index (χ1) is 15.4. The number of nitro groups is 1. The van der Waals surface area contributed by atoms with E-state index >= 15 is 0 Å². The molecule has 0 atom stereocenters. The van der Waals surface area contributed by atoms with Gasteiger partial charge in [-0.3, -0.25) is 15.0 Å². The minimum absolute atomic E-state index is 0.0904. The highest BCUT2D eigenvalue weighted by Gasteiger charge is 2.37. The number of halogens is 2. The number of quaternary nitrogens is 1. The van der Waals surface area contributed by atoms with Gasteiger partial charge >= 0.3 is 0 Å². The summed E-state index contributed by atoms with van der Waals surface area (Å²) in [6.07, 6.45) is 0.950. The molecule has 0 aliphatic carbocycles. The Balaban J connectivity index is 1.24. The van der Waals surface area contributed by atoms with Crippen LogP contribution in [0, 0.1) is 10.1 Å². The van der Waals surface area contributed by atoms with E-state index < -0.39 is 4.92 Å². The van der Waals surface area contributed by atoms with E-state index in [1.807, 2.05) is 24.3 Å². The summed E-state index contributed by atoms with van der Waals surface area (Å²) in [5.41, 5.74) is 1.92. The van der Waals surface area contributed by atoms with Crippen molar-refractivity contribution in [2.45, 2.75) is 6.42 Å². The molecule has 0 unspecified atom stereocenters. The van der Waals surface area contributed by atoms with Crippen LogP contribution in [0.2, 0.25) is 10.0 Å². The first kappa shape index (κ1) is 23.1. The van der Waals surface area contributed by atoms with Crippen LogP contribution in [-0.4, -0.2) is 73.2 Å². The number of fused-ring (bicyclic) bond motifs is 3. The van der Waals surface area contributed by atoms with Gasteiger partial charge in [-0.25, -0.2) is 0 Å². The highest BCUT2D eigenvalue weighted by atomic mass is 35.5. The van der Waals surface area contributed by atoms with Crippen molar-refractivity contribution >= 4 is 40.3 Å². The first-order valence-electron chi connectivity index (χ1n) is 10.9. The molecule has 2 bridgehead atoms. The molecule has 3 aliphatic rings. The van der Waals surface area contributed by atoms with Gasteiger partial charge < -0.3 is 9.80 Å². The van der Waals surface area contributed by atoms with Gasteiger partial charge in [0.05, 0.1) is 46.8 Å². The number of benzene rings is 2. The van der Waals surface area contributed by atoms with E-state index in [4.69, 9.17) is 23.2 Å². The van der Waals surface area contributed by atoms with E-state index in [9.17, 15) is 10.1 Å². The molecule has 3 saturated heterocycles. The summed E-state index contributed by atoms with van der Waals surface area (Å²) in [4.78, 5) is 12.9. The quantitative estimate of drug-likeness (QED) is 0.188. The van der Waals surface area contributed by atoms with Crippen LogP contribution in [0.4, 0.5) is 17.1 Å². The lowest BCUT2D eigenvalue weighted by Gasteiger charge is -2.50. The molecule has 10 heteroatoms. The lowest BCUT2D eigenvalue weighted by molar-refractivity contribution is -0.939. The van der Waals surface area contributed by atoms with Gasteiger partial charge in [0.2, 0.25) is 0 Å². The second kappa shape index (κ2) is 10.2. The number of azo groups is 1. The third kappa shape index (κ3) is 5.63. The van der Waals surface area contributed by atoms with Gasteiger partial charge in [-0.2, -0.15) is 5.11 Å². The molecule has 32 heavy (non-hydrogen) atoms. The Labute approximate surface area is 197 Å². The van der Waals surface area contributed by atoms with Crippen molar-refractivity contribution < 1.29 is 9.41 Å². The van der Waals surface area contributed by atoms with Crippen molar-refractivity contribution in [3.63, 3.8) is 0 Å². The largest absolute Gasteiger partial charge is 0.319 e. The van der Waals surface area contributed by atoms with Crippen LogP contribution < -0.4 is 5.32 Å². The number of piperazine rings is 3. The van der Waals surface area contributed by atoms with Gasteiger partial charge in [-0.1, -0.05) is 35.3 Å². The van der Waals surface area contributed by atoms with E-state index in [0.29, 0.717) is 5.69 Å². The maximum absolute atomic E-state index is 10.9. The van der Waals surface area contributed by atoms with E-state index in [1.165, 1.54) is 68.0 Å². The van der Waals surface area contributed by atoms with Gasteiger partial charge in [0, 0.05) is 38.3 Å². The average molecular weight is 478 g/mol. The van der Waals surface area contributed by atoms with Crippen LogP contribution in [0.15, 0.2) is 46.6 Å². The molecule has 0 spiro atoms. The van der Waals surface area contributed by atoms with Gasteiger partial charge in [0.25, 0.3) is 5.69 Å². The molecule has 3 fully saturated rings. The Kier molecular flexibility index (Phi) is 7.37. The molecular weight excluding hydrogens is 451 g/mol. The normalized spacial score (nSPS) is 22.5. The predicted octanol–water partition coefficient (Wildman–Crippen LogP) is 4.60. The van der Waals surface area contributed by atoms with Gasteiger partial charge in [0.1, 0.15) is 5.69 Å². The highest BCUT2D eigenvalue weighted by molar-refractivity contribution is 6.39. The van der Waals surface area contributed by atoms with Crippen LogP contribution in [0.25, 0.3) is 0 Å². The Morgan fingerprint density at radius 3 is 2.22 bits per heavy atom. The van der Waals surface area contributed by atoms with Crippen molar-refractivity contribution in [1.82, 2.24) is 10.2 Å². The highest BCUT2D eigenvalue weighted by Crippen LogP contribution is 2.37. The molecule has 8 nitrogen and oxygen atoms in total. The summed E-state index contributed by atoms with van der Waals surface area (Å²) >= 11 is 12.1. The number of hydrogen-bond donors (Lipinski definition) is 1. The van der Waals surface area contributed by atoms with E-state index in [1.54, 1.807) is 0 Å². The smallest absolute Gasteiger partial charge is 0.272 e. The van der Waals surface area contributed by atoms with Crippen LogP contribution in [0.5, 0.6) is 0 Å². The van der Waals surface area contributed by atoms with Crippen molar-refractivity contribution in [2.24, 2.45) is 10.2 Å². The number of nitro benzene ring substituents is 1. The molecule has 0 saturated carbocycles. The Morgan fingerprint density at radius 1 is 1.00 bits per heavy atom. The second-order valence-electron chi connectivity index (χ2n) is 8.46. The van der Waals surface area contributed by atoms with Crippen LogP contribution in [0.3, 0.4) is 0 Å². The topological polar surface area (TPSA) is 83.1 Å². The van der Waals surface area contributed by atoms with Gasteiger partial charge in [0.15, 0.2) is 0 Å². The fourth-order valence-electron chi connectivity index (χ4n) is 4.33. The number of hydrogen-bond acceptors (Lipinski definition) is 6. The number of nitrogens with one attached hydrogen (secondary N) is 1. The van der Waals surface area contributed by atoms with E-state index in [0.717, 1.165) is 19.5 Å². The molecule has 0 aromatic heterocycles. The third-order valence-corrected chi connectivity index (χ3v) is 7.02. The summed E-state index contributed by atoms with van der Waals surface area (Å²) in [7, 11) is 0.